The highest BCUT2D eigenvalue weighted by atomic mass is 19.1. The predicted molar refractivity (Wildman–Crippen MR) is 65.5 cm³/mol. The van der Waals surface area contributed by atoms with Gasteiger partial charge in [0.2, 0.25) is 6.29 Å². The molecule has 0 heterocycles. The zero-order valence-corrected chi connectivity index (χ0v) is 9.31. The quantitative estimate of drug-likeness (QED) is 0.662. The number of hydrogen-bond acceptors (Lipinski definition) is 3. The van der Waals surface area contributed by atoms with Crippen LogP contribution in [-0.2, 0) is 4.79 Å². The van der Waals surface area contributed by atoms with Crippen molar-refractivity contribution in [3.63, 3.8) is 0 Å². The van der Waals surface area contributed by atoms with Crippen LogP contribution in [0.25, 0.3) is 0 Å². The Hall–Kier alpha value is -2.49. The number of rotatable bonds is 3. The van der Waals surface area contributed by atoms with E-state index in [4.69, 9.17) is 5.73 Å². The molecule has 0 aliphatic heterocycles. The predicted octanol–water partition coefficient (Wildman–Crippen LogP) is 2.10. The number of nitrogens with two attached hydrogens (primary N) is 1. The van der Waals surface area contributed by atoms with Crippen LogP contribution in [0.15, 0.2) is 42.5 Å². The number of ketones is 1. The van der Waals surface area contributed by atoms with Crippen molar-refractivity contribution in [1.29, 1.82) is 0 Å². The first-order valence-corrected chi connectivity index (χ1v) is 5.20. The van der Waals surface area contributed by atoms with E-state index < -0.39 is 11.6 Å². The second-order valence-electron chi connectivity index (χ2n) is 3.75. The van der Waals surface area contributed by atoms with Gasteiger partial charge in [-0.25, -0.2) is 4.39 Å². The zero-order chi connectivity index (χ0) is 13.1. The van der Waals surface area contributed by atoms with E-state index in [1.165, 1.54) is 36.4 Å². The van der Waals surface area contributed by atoms with Crippen molar-refractivity contribution in [3.05, 3.63) is 65.0 Å². The SMILES string of the molecule is Nc1ccc([C]=O)c(C(=O)c2cccc(F)c2)c1. The molecule has 0 saturated heterocycles. The van der Waals surface area contributed by atoms with Gasteiger partial charge in [-0.3, -0.25) is 9.59 Å². The van der Waals surface area contributed by atoms with E-state index in [0.29, 0.717) is 5.69 Å². The number of carbonyl (C=O) groups excluding carboxylic acids is 2. The van der Waals surface area contributed by atoms with Gasteiger partial charge < -0.3 is 5.73 Å². The first-order valence-electron chi connectivity index (χ1n) is 5.20. The Morgan fingerprint density at radius 2 is 1.94 bits per heavy atom. The molecule has 2 aromatic rings. The number of hydrogen-bond donors (Lipinski definition) is 1. The molecule has 0 spiro atoms. The number of carbonyl (C=O) groups is 1. The number of nitrogen functional groups attached to an aromatic ring is 1. The Bertz CT molecular complexity index is 623. The number of halogens is 1. The summed E-state index contributed by atoms with van der Waals surface area (Å²) in [6.45, 7) is 0. The monoisotopic (exact) mass is 242 g/mol. The molecule has 3 nitrogen and oxygen atoms in total. The highest BCUT2D eigenvalue weighted by Gasteiger charge is 2.14. The van der Waals surface area contributed by atoms with Crippen molar-refractivity contribution in [2.75, 3.05) is 5.73 Å². The van der Waals surface area contributed by atoms with Gasteiger partial charge in [-0.2, -0.15) is 0 Å². The molecule has 1 radical (unpaired) electrons. The van der Waals surface area contributed by atoms with Crippen molar-refractivity contribution < 1.29 is 14.0 Å². The summed E-state index contributed by atoms with van der Waals surface area (Å²) < 4.78 is 13.1. The molecule has 0 atom stereocenters. The standard InChI is InChI=1S/C14H9FNO2/c15-11-3-1-2-9(6-11)14(18)13-7-12(16)5-4-10(13)8-17/h1-7H,16H2. The summed E-state index contributed by atoms with van der Waals surface area (Å²) >= 11 is 0. The first kappa shape index (κ1) is 12.0. The van der Waals surface area contributed by atoms with Crippen molar-refractivity contribution in [2.45, 2.75) is 0 Å². The molecule has 0 saturated carbocycles. The van der Waals surface area contributed by atoms with Crippen molar-refractivity contribution in [3.8, 4) is 0 Å². The molecule has 0 aliphatic carbocycles. The average Bonchev–Trinajstić information content (AvgIpc) is 2.38. The lowest BCUT2D eigenvalue weighted by Gasteiger charge is -2.05. The van der Waals surface area contributed by atoms with Crippen LogP contribution < -0.4 is 5.73 Å². The minimum absolute atomic E-state index is 0.110. The maximum atomic E-state index is 13.1. The van der Waals surface area contributed by atoms with E-state index in [-0.39, 0.29) is 16.7 Å². The third kappa shape index (κ3) is 2.27. The normalized spacial score (nSPS) is 10.1. The molecule has 2 rings (SSSR count). The summed E-state index contributed by atoms with van der Waals surface area (Å²) in [5, 5.41) is 0. The van der Waals surface area contributed by atoms with E-state index in [1.54, 1.807) is 6.29 Å². The molecular formula is C14H9FNO2. The third-order valence-corrected chi connectivity index (χ3v) is 2.49. The summed E-state index contributed by atoms with van der Waals surface area (Å²) in [4.78, 5) is 22.9. The lowest BCUT2D eigenvalue weighted by atomic mass is 9.98. The molecule has 0 fully saturated rings. The molecule has 0 unspecified atom stereocenters. The van der Waals surface area contributed by atoms with Crippen LogP contribution in [0.2, 0.25) is 0 Å². The number of anilines is 1. The van der Waals surface area contributed by atoms with Crippen molar-refractivity contribution in [1.82, 2.24) is 0 Å². The third-order valence-electron chi connectivity index (χ3n) is 2.49. The smallest absolute Gasteiger partial charge is 0.234 e. The highest BCUT2D eigenvalue weighted by Crippen LogP contribution is 2.17. The summed E-state index contributed by atoms with van der Waals surface area (Å²) in [5.41, 5.74) is 6.32. The lowest BCUT2D eigenvalue weighted by molar-refractivity contribution is 0.103. The van der Waals surface area contributed by atoms with Gasteiger partial charge in [-0.15, -0.1) is 0 Å². The molecular weight excluding hydrogens is 233 g/mol. The number of benzene rings is 2. The summed E-state index contributed by atoms with van der Waals surface area (Å²) in [7, 11) is 0. The first-order chi connectivity index (χ1) is 8.61. The Labute approximate surface area is 103 Å². The zero-order valence-electron chi connectivity index (χ0n) is 9.31. The minimum atomic E-state index is -0.513. The second-order valence-corrected chi connectivity index (χ2v) is 3.75. The van der Waals surface area contributed by atoms with Crippen LogP contribution >= 0.6 is 0 Å². The molecule has 18 heavy (non-hydrogen) atoms. The van der Waals surface area contributed by atoms with E-state index in [1.807, 2.05) is 0 Å². The Kier molecular flexibility index (Phi) is 3.19. The van der Waals surface area contributed by atoms with E-state index >= 15 is 0 Å². The van der Waals surface area contributed by atoms with Gasteiger partial charge in [0.1, 0.15) is 5.82 Å². The highest BCUT2D eigenvalue weighted by molar-refractivity contribution is 6.13. The van der Waals surface area contributed by atoms with Gasteiger partial charge >= 0.3 is 0 Å². The van der Waals surface area contributed by atoms with Gasteiger partial charge in [0.15, 0.2) is 5.78 Å². The topological polar surface area (TPSA) is 60.2 Å². The van der Waals surface area contributed by atoms with Gasteiger partial charge in [0.25, 0.3) is 0 Å². The fourth-order valence-corrected chi connectivity index (χ4v) is 1.62. The maximum absolute atomic E-state index is 13.1. The Balaban J connectivity index is 2.52. The molecule has 0 aromatic heterocycles. The van der Waals surface area contributed by atoms with Crippen LogP contribution in [0, 0.1) is 5.82 Å². The van der Waals surface area contributed by atoms with Crippen LogP contribution in [0.1, 0.15) is 21.5 Å². The van der Waals surface area contributed by atoms with Crippen molar-refractivity contribution >= 4 is 17.8 Å². The largest absolute Gasteiger partial charge is 0.399 e. The minimum Gasteiger partial charge on any atom is -0.399 e. The molecule has 0 amide bonds. The van der Waals surface area contributed by atoms with E-state index in [9.17, 15) is 14.0 Å². The maximum Gasteiger partial charge on any atom is 0.234 e. The van der Waals surface area contributed by atoms with E-state index in [2.05, 4.69) is 0 Å². The Morgan fingerprint density at radius 1 is 1.17 bits per heavy atom. The van der Waals surface area contributed by atoms with Crippen molar-refractivity contribution in [2.24, 2.45) is 0 Å². The summed E-state index contributed by atoms with van der Waals surface area (Å²) in [5.74, 6) is -0.971. The molecule has 0 bridgehead atoms. The fourth-order valence-electron chi connectivity index (χ4n) is 1.62. The lowest BCUT2D eigenvalue weighted by Crippen LogP contribution is -2.06. The summed E-state index contributed by atoms with van der Waals surface area (Å²) in [6, 6.07) is 9.55. The average molecular weight is 242 g/mol. The molecule has 4 heteroatoms. The van der Waals surface area contributed by atoms with Gasteiger partial charge in [-0.1, -0.05) is 12.1 Å². The van der Waals surface area contributed by atoms with Crippen LogP contribution in [0.3, 0.4) is 0 Å². The molecule has 2 aromatic carbocycles. The second kappa shape index (κ2) is 4.79. The van der Waals surface area contributed by atoms with Crippen LogP contribution in [-0.4, -0.2) is 12.1 Å². The van der Waals surface area contributed by atoms with E-state index in [0.717, 1.165) is 6.07 Å². The molecule has 89 valence electrons. The molecule has 0 aliphatic rings. The van der Waals surface area contributed by atoms with Crippen LogP contribution in [0.5, 0.6) is 0 Å². The van der Waals surface area contributed by atoms with Gasteiger partial charge in [-0.05, 0) is 30.3 Å². The van der Waals surface area contributed by atoms with Crippen LogP contribution in [0.4, 0.5) is 10.1 Å². The van der Waals surface area contributed by atoms with Gasteiger partial charge in [0, 0.05) is 22.4 Å². The fraction of sp³-hybridized carbons (Fsp3) is 0. The molecule has 2 N–H and O–H groups in total. The Morgan fingerprint density at radius 3 is 2.61 bits per heavy atom. The summed E-state index contributed by atoms with van der Waals surface area (Å²) in [6.07, 6.45) is 1.67. The van der Waals surface area contributed by atoms with Gasteiger partial charge in [0.05, 0.1) is 0 Å².